The van der Waals surface area contributed by atoms with Gasteiger partial charge in [-0.1, -0.05) is 17.7 Å². The Hall–Kier alpha value is -2.29. The minimum absolute atomic E-state index is 0.161. The van der Waals surface area contributed by atoms with Crippen molar-refractivity contribution < 1.29 is 15.0 Å². The zero-order chi connectivity index (χ0) is 13.3. The molecule has 0 amide bonds. The van der Waals surface area contributed by atoms with Crippen molar-refractivity contribution in [3.63, 3.8) is 0 Å². The predicted molar refractivity (Wildman–Crippen MR) is 69.1 cm³/mol. The number of phenols is 2. The second kappa shape index (κ2) is 4.53. The van der Waals surface area contributed by atoms with Crippen LogP contribution in [0, 0.1) is 13.8 Å². The lowest BCUT2D eigenvalue weighted by Crippen LogP contribution is -2.04. The molecule has 2 aromatic rings. The van der Waals surface area contributed by atoms with E-state index in [2.05, 4.69) is 0 Å². The van der Waals surface area contributed by atoms with Crippen LogP contribution in [-0.4, -0.2) is 16.0 Å². The number of benzene rings is 2. The highest BCUT2D eigenvalue weighted by Crippen LogP contribution is 2.26. The Bertz CT molecular complexity index is 615. The van der Waals surface area contributed by atoms with E-state index in [1.54, 1.807) is 0 Å². The first-order chi connectivity index (χ1) is 8.49. The fourth-order valence-corrected chi connectivity index (χ4v) is 1.80. The van der Waals surface area contributed by atoms with Crippen LogP contribution in [0.1, 0.15) is 27.0 Å². The Kier molecular flexibility index (Phi) is 3.06. The fourth-order valence-electron chi connectivity index (χ4n) is 1.80. The quantitative estimate of drug-likeness (QED) is 0.628. The third kappa shape index (κ3) is 2.20. The van der Waals surface area contributed by atoms with Crippen molar-refractivity contribution >= 4 is 5.78 Å². The number of ketones is 1. The summed E-state index contributed by atoms with van der Waals surface area (Å²) in [5.74, 6) is -0.676. The van der Waals surface area contributed by atoms with E-state index in [1.807, 2.05) is 32.0 Å². The van der Waals surface area contributed by atoms with Crippen molar-refractivity contribution in [1.82, 2.24) is 0 Å². The van der Waals surface area contributed by atoms with Crippen LogP contribution in [-0.2, 0) is 0 Å². The molecule has 0 aliphatic carbocycles. The van der Waals surface area contributed by atoms with Gasteiger partial charge in [0.1, 0.15) is 0 Å². The highest BCUT2D eigenvalue weighted by molar-refractivity contribution is 6.10. The average Bonchev–Trinajstić information content (AvgIpc) is 2.35. The number of aryl methyl sites for hydroxylation is 2. The normalized spacial score (nSPS) is 10.3. The van der Waals surface area contributed by atoms with Gasteiger partial charge in [-0.05, 0) is 43.7 Å². The van der Waals surface area contributed by atoms with E-state index >= 15 is 0 Å². The molecule has 0 aliphatic rings. The summed E-state index contributed by atoms with van der Waals surface area (Å²) < 4.78 is 0. The number of rotatable bonds is 2. The Balaban J connectivity index is 2.47. The van der Waals surface area contributed by atoms with Gasteiger partial charge < -0.3 is 10.2 Å². The van der Waals surface area contributed by atoms with Crippen molar-refractivity contribution in [3.05, 3.63) is 58.7 Å². The van der Waals surface area contributed by atoms with E-state index in [9.17, 15) is 15.0 Å². The molecule has 0 atom stereocenters. The zero-order valence-electron chi connectivity index (χ0n) is 10.3. The topological polar surface area (TPSA) is 57.5 Å². The monoisotopic (exact) mass is 242 g/mol. The van der Waals surface area contributed by atoms with Crippen LogP contribution in [0.3, 0.4) is 0 Å². The van der Waals surface area contributed by atoms with E-state index in [0.717, 1.165) is 11.1 Å². The first-order valence-electron chi connectivity index (χ1n) is 5.63. The molecule has 18 heavy (non-hydrogen) atoms. The number of hydrogen-bond donors (Lipinski definition) is 2. The maximum atomic E-state index is 12.3. The van der Waals surface area contributed by atoms with Gasteiger partial charge in [0.25, 0.3) is 0 Å². The number of carbonyl (C=O) groups is 1. The van der Waals surface area contributed by atoms with Gasteiger partial charge >= 0.3 is 0 Å². The molecule has 0 saturated carbocycles. The summed E-state index contributed by atoms with van der Waals surface area (Å²) in [6.07, 6.45) is 0. The summed E-state index contributed by atoms with van der Waals surface area (Å²) in [6.45, 7) is 3.79. The highest BCUT2D eigenvalue weighted by Gasteiger charge is 2.13. The van der Waals surface area contributed by atoms with Gasteiger partial charge in [0.2, 0.25) is 0 Å². The Morgan fingerprint density at radius 2 is 1.67 bits per heavy atom. The SMILES string of the molecule is Cc1ccc(C)c(C(=O)c2ccc(O)c(O)c2)c1. The minimum Gasteiger partial charge on any atom is -0.504 e. The molecule has 3 heteroatoms. The van der Waals surface area contributed by atoms with Crippen LogP contribution >= 0.6 is 0 Å². The van der Waals surface area contributed by atoms with Crippen LogP contribution in [0.2, 0.25) is 0 Å². The molecule has 0 saturated heterocycles. The van der Waals surface area contributed by atoms with Crippen molar-refractivity contribution in [2.75, 3.05) is 0 Å². The molecule has 3 nitrogen and oxygen atoms in total. The lowest BCUT2D eigenvalue weighted by Gasteiger charge is -2.07. The number of aromatic hydroxyl groups is 2. The summed E-state index contributed by atoms with van der Waals surface area (Å²) in [5, 5.41) is 18.7. The zero-order valence-corrected chi connectivity index (χ0v) is 10.3. The van der Waals surface area contributed by atoms with Crippen molar-refractivity contribution in [2.45, 2.75) is 13.8 Å². The molecule has 0 unspecified atom stereocenters. The Morgan fingerprint density at radius 1 is 0.944 bits per heavy atom. The summed E-state index contributed by atoms with van der Waals surface area (Å²) in [4.78, 5) is 12.3. The maximum absolute atomic E-state index is 12.3. The first kappa shape index (κ1) is 12.2. The molecule has 2 rings (SSSR count). The van der Waals surface area contributed by atoms with Gasteiger partial charge in [-0.3, -0.25) is 4.79 Å². The highest BCUT2D eigenvalue weighted by atomic mass is 16.3. The molecule has 0 spiro atoms. The van der Waals surface area contributed by atoms with E-state index in [1.165, 1.54) is 18.2 Å². The van der Waals surface area contributed by atoms with Crippen molar-refractivity contribution in [2.24, 2.45) is 0 Å². The summed E-state index contributed by atoms with van der Waals surface area (Å²) >= 11 is 0. The first-order valence-corrected chi connectivity index (χ1v) is 5.63. The van der Waals surface area contributed by atoms with E-state index in [4.69, 9.17) is 0 Å². The number of carbonyl (C=O) groups excluding carboxylic acids is 1. The Morgan fingerprint density at radius 3 is 2.33 bits per heavy atom. The number of phenolic OH excluding ortho intramolecular Hbond substituents is 2. The van der Waals surface area contributed by atoms with Crippen molar-refractivity contribution in [1.29, 1.82) is 0 Å². The van der Waals surface area contributed by atoms with E-state index in [-0.39, 0.29) is 17.3 Å². The summed E-state index contributed by atoms with van der Waals surface area (Å²) in [5.41, 5.74) is 2.87. The van der Waals surface area contributed by atoms with Crippen molar-refractivity contribution in [3.8, 4) is 11.5 Å². The Labute approximate surface area is 105 Å². The van der Waals surface area contributed by atoms with Gasteiger partial charge in [-0.15, -0.1) is 0 Å². The van der Waals surface area contributed by atoms with E-state index < -0.39 is 0 Å². The molecule has 0 aromatic heterocycles. The predicted octanol–water partition coefficient (Wildman–Crippen LogP) is 2.95. The van der Waals surface area contributed by atoms with Crippen LogP contribution in [0.5, 0.6) is 11.5 Å². The third-order valence-electron chi connectivity index (χ3n) is 2.88. The largest absolute Gasteiger partial charge is 0.504 e. The minimum atomic E-state index is -0.286. The van der Waals surface area contributed by atoms with Gasteiger partial charge in [0.05, 0.1) is 0 Å². The second-order valence-corrected chi connectivity index (χ2v) is 4.35. The second-order valence-electron chi connectivity index (χ2n) is 4.35. The smallest absolute Gasteiger partial charge is 0.193 e. The van der Waals surface area contributed by atoms with Gasteiger partial charge in [0, 0.05) is 11.1 Å². The molecule has 2 aromatic carbocycles. The molecule has 0 heterocycles. The standard InChI is InChI=1S/C15H14O3/c1-9-3-4-10(2)12(7-9)15(18)11-5-6-13(16)14(17)8-11/h3-8,16-17H,1-2H3. The van der Waals surface area contributed by atoms with Crippen LogP contribution in [0.15, 0.2) is 36.4 Å². The van der Waals surface area contributed by atoms with Crippen LogP contribution < -0.4 is 0 Å². The van der Waals surface area contributed by atoms with E-state index in [0.29, 0.717) is 11.1 Å². The molecule has 0 bridgehead atoms. The average molecular weight is 242 g/mol. The molecule has 0 radical (unpaired) electrons. The van der Waals surface area contributed by atoms with Crippen LogP contribution in [0.4, 0.5) is 0 Å². The van der Waals surface area contributed by atoms with Gasteiger partial charge in [-0.25, -0.2) is 0 Å². The molecule has 0 fully saturated rings. The van der Waals surface area contributed by atoms with Gasteiger partial charge in [0.15, 0.2) is 17.3 Å². The lowest BCUT2D eigenvalue weighted by atomic mass is 9.97. The maximum Gasteiger partial charge on any atom is 0.193 e. The lowest BCUT2D eigenvalue weighted by molar-refractivity contribution is 0.103. The molecular formula is C15H14O3. The third-order valence-corrected chi connectivity index (χ3v) is 2.88. The molecular weight excluding hydrogens is 228 g/mol. The summed E-state index contributed by atoms with van der Waals surface area (Å²) in [6, 6.07) is 9.75. The molecule has 0 aliphatic heterocycles. The fraction of sp³-hybridized carbons (Fsp3) is 0.133. The van der Waals surface area contributed by atoms with Crippen LogP contribution in [0.25, 0.3) is 0 Å². The van der Waals surface area contributed by atoms with Gasteiger partial charge in [-0.2, -0.15) is 0 Å². The molecule has 92 valence electrons. The molecule has 2 N–H and O–H groups in total. The number of hydrogen-bond acceptors (Lipinski definition) is 3. The summed E-state index contributed by atoms with van der Waals surface area (Å²) in [7, 11) is 0.